The lowest BCUT2D eigenvalue weighted by molar-refractivity contribution is -0.143. The van der Waals surface area contributed by atoms with Crippen molar-refractivity contribution < 1.29 is 24.3 Å². The molecule has 0 saturated carbocycles. The van der Waals surface area contributed by atoms with Crippen LogP contribution < -0.4 is 33.2 Å². The van der Waals surface area contributed by atoms with Gasteiger partial charge < -0.3 is 43.2 Å². The van der Waals surface area contributed by atoms with Gasteiger partial charge in [-0.2, -0.15) is 0 Å². The Labute approximate surface area is 197 Å². The quantitative estimate of drug-likeness (QED) is 0.0751. The van der Waals surface area contributed by atoms with Crippen LogP contribution in [0, 0.1) is 5.92 Å². The summed E-state index contributed by atoms with van der Waals surface area (Å²) in [5.74, 6) is -3.46. The molecule has 0 aliphatic carbocycles. The van der Waals surface area contributed by atoms with Crippen LogP contribution in [0.1, 0.15) is 38.8 Å². The molecule has 3 amide bonds. The van der Waals surface area contributed by atoms with Crippen molar-refractivity contribution in [2.24, 2.45) is 28.1 Å². The molecule has 4 unspecified atom stereocenters. The van der Waals surface area contributed by atoms with Crippen LogP contribution in [0.2, 0.25) is 0 Å². The number of nitrogens with one attached hydrogen (secondary N) is 4. The second-order valence-electron chi connectivity index (χ2n) is 7.88. The average Bonchev–Trinajstić information content (AvgIpc) is 3.29. The van der Waals surface area contributed by atoms with E-state index in [0.29, 0.717) is 18.5 Å². The zero-order valence-corrected chi connectivity index (χ0v) is 19.4. The summed E-state index contributed by atoms with van der Waals surface area (Å²) in [7, 11) is 0. The number of aromatic nitrogens is 2. The van der Waals surface area contributed by atoms with Crippen LogP contribution in [0.25, 0.3) is 0 Å². The van der Waals surface area contributed by atoms with E-state index in [1.165, 1.54) is 12.5 Å². The Kier molecular flexibility index (Phi) is 12.1. The van der Waals surface area contributed by atoms with E-state index in [-0.39, 0.29) is 31.3 Å². The first-order valence-corrected chi connectivity index (χ1v) is 10.9. The summed E-state index contributed by atoms with van der Waals surface area (Å²) in [6.07, 6.45) is 4.23. The van der Waals surface area contributed by atoms with Gasteiger partial charge in [-0.25, -0.2) is 9.78 Å². The van der Waals surface area contributed by atoms with Crippen LogP contribution in [0.3, 0.4) is 0 Å². The van der Waals surface area contributed by atoms with Gasteiger partial charge in [0, 0.05) is 24.9 Å². The summed E-state index contributed by atoms with van der Waals surface area (Å²) >= 11 is 0. The summed E-state index contributed by atoms with van der Waals surface area (Å²) in [6, 6.07) is -3.07. The Balaban J connectivity index is 2.72. The topological polar surface area (TPSA) is 244 Å². The third-order valence-corrected chi connectivity index (χ3v) is 5.13. The van der Waals surface area contributed by atoms with Crippen molar-refractivity contribution in [1.29, 1.82) is 0 Å². The van der Waals surface area contributed by atoms with Crippen molar-refractivity contribution in [3.63, 3.8) is 0 Å². The fraction of sp³-hybridized carbons (Fsp3) is 0.600. The van der Waals surface area contributed by atoms with Gasteiger partial charge in [-0.05, 0) is 18.8 Å². The first-order valence-electron chi connectivity index (χ1n) is 10.9. The predicted octanol–water partition coefficient (Wildman–Crippen LogP) is -2.45. The molecule has 190 valence electrons. The molecule has 34 heavy (non-hydrogen) atoms. The second kappa shape index (κ2) is 14.5. The number of aliphatic imine (C=N–C) groups is 1. The number of imidazole rings is 1. The first-order chi connectivity index (χ1) is 16.0. The van der Waals surface area contributed by atoms with Crippen LogP contribution in [0.4, 0.5) is 0 Å². The largest absolute Gasteiger partial charge is 0.480 e. The van der Waals surface area contributed by atoms with Gasteiger partial charge in [-0.15, -0.1) is 0 Å². The van der Waals surface area contributed by atoms with E-state index in [4.69, 9.17) is 17.2 Å². The molecule has 1 aromatic rings. The van der Waals surface area contributed by atoms with Crippen LogP contribution in [-0.4, -0.2) is 75.9 Å². The number of hydrogen-bond acceptors (Lipinski definition) is 7. The number of aliphatic carboxylic acids is 1. The number of nitrogens with two attached hydrogens (primary N) is 3. The van der Waals surface area contributed by atoms with Gasteiger partial charge in [-0.3, -0.25) is 19.4 Å². The zero-order chi connectivity index (χ0) is 25.7. The molecule has 0 fully saturated rings. The number of amides is 3. The maximum absolute atomic E-state index is 12.8. The van der Waals surface area contributed by atoms with Crippen molar-refractivity contribution in [2.45, 2.75) is 57.7 Å². The van der Waals surface area contributed by atoms with Crippen LogP contribution in [-0.2, 0) is 25.6 Å². The fourth-order valence-corrected chi connectivity index (χ4v) is 2.98. The summed E-state index contributed by atoms with van der Waals surface area (Å²) < 4.78 is 0. The molecule has 1 rings (SSSR count). The Bertz CT molecular complexity index is 839. The van der Waals surface area contributed by atoms with E-state index in [9.17, 15) is 24.3 Å². The van der Waals surface area contributed by atoms with E-state index in [1.54, 1.807) is 13.8 Å². The van der Waals surface area contributed by atoms with Gasteiger partial charge in [0.25, 0.3) is 0 Å². The van der Waals surface area contributed by atoms with E-state index in [1.807, 2.05) is 0 Å². The lowest BCUT2D eigenvalue weighted by Crippen LogP contribution is -2.55. The normalized spacial score (nSPS) is 14.2. The zero-order valence-electron chi connectivity index (χ0n) is 19.4. The van der Waals surface area contributed by atoms with Crippen LogP contribution in [0.15, 0.2) is 17.5 Å². The second-order valence-corrected chi connectivity index (χ2v) is 7.88. The van der Waals surface area contributed by atoms with E-state index >= 15 is 0 Å². The average molecular weight is 482 g/mol. The summed E-state index contributed by atoms with van der Waals surface area (Å²) in [5, 5.41) is 16.8. The number of nitrogens with zero attached hydrogens (tertiary/aromatic N) is 2. The van der Waals surface area contributed by atoms with Gasteiger partial charge in [0.15, 0.2) is 5.96 Å². The Morgan fingerprint density at radius 1 is 1.21 bits per heavy atom. The Morgan fingerprint density at radius 2 is 1.91 bits per heavy atom. The van der Waals surface area contributed by atoms with Gasteiger partial charge in [0.2, 0.25) is 17.7 Å². The predicted molar refractivity (Wildman–Crippen MR) is 124 cm³/mol. The van der Waals surface area contributed by atoms with Gasteiger partial charge >= 0.3 is 5.97 Å². The summed E-state index contributed by atoms with van der Waals surface area (Å²) in [5.41, 5.74) is 17.1. The molecular weight excluding hydrogens is 446 g/mol. The molecule has 1 aromatic heterocycles. The molecule has 0 aliphatic rings. The van der Waals surface area contributed by atoms with Crippen molar-refractivity contribution in [1.82, 2.24) is 25.9 Å². The van der Waals surface area contributed by atoms with Crippen LogP contribution in [0.5, 0.6) is 0 Å². The highest BCUT2D eigenvalue weighted by atomic mass is 16.4. The number of hydrogen-bond donors (Lipinski definition) is 8. The Morgan fingerprint density at radius 3 is 2.47 bits per heavy atom. The van der Waals surface area contributed by atoms with Crippen molar-refractivity contribution >= 4 is 29.7 Å². The SMILES string of the molecule is CCC(C)C(NC(=O)C(CCCN=C(N)N)NC(=O)CNC(=O)C(N)Cc1cnc[nH]1)C(=O)O. The number of carboxylic acid groups (broad SMARTS) is 1. The molecule has 0 spiro atoms. The molecule has 0 saturated heterocycles. The lowest BCUT2D eigenvalue weighted by atomic mass is 9.98. The minimum Gasteiger partial charge on any atom is -0.480 e. The third kappa shape index (κ3) is 10.3. The maximum atomic E-state index is 12.8. The molecule has 11 N–H and O–H groups in total. The van der Waals surface area contributed by atoms with E-state index in [0.717, 1.165) is 0 Å². The summed E-state index contributed by atoms with van der Waals surface area (Å²) in [6.45, 7) is 3.31. The van der Waals surface area contributed by atoms with Gasteiger partial charge in [0.1, 0.15) is 12.1 Å². The molecule has 0 aliphatic heterocycles. The summed E-state index contributed by atoms with van der Waals surface area (Å²) in [4.78, 5) is 59.4. The number of H-pyrrole nitrogens is 1. The molecule has 14 heteroatoms. The smallest absolute Gasteiger partial charge is 0.326 e. The van der Waals surface area contributed by atoms with Gasteiger partial charge in [-0.1, -0.05) is 20.3 Å². The first kappa shape index (κ1) is 28.4. The minimum atomic E-state index is -1.17. The molecule has 14 nitrogen and oxygen atoms in total. The molecular formula is C20H35N9O5. The number of aromatic amines is 1. The molecule has 1 heterocycles. The number of carbonyl (C=O) groups is 4. The number of guanidine groups is 1. The van der Waals surface area contributed by atoms with E-state index in [2.05, 4.69) is 30.9 Å². The molecule has 4 atom stereocenters. The van der Waals surface area contributed by atoms with Crippen LogP contribution >= 0.6 is 0 Å². The van der Waals surface area contributed by atoms with Crippen molar-refractivity contribution in [2.75, 3.05) is 13.1 Å². The maximum Gasteiger partial charge on any atom is 0.326 e. The molecule has 0 bridgehead atoms. The Hall–Kier alpha value is -3.68. The highest BCUT2D eigenvalue weighted by molar-refractivity contribution is 5.92. The van der Waals surface area contributed by atoms with Gasteiger partial charge in [0.05, 0.1) is 18.9 Å². The van der Waals surface area contributed by atoms with E-state index < -0.39 is 48.4 Å². The standard InChI is InChI=1S/C20H35N9O5/c1-3-11(2)16(19(33)34)29-18(32)14(5-4-6-25-20(22)23)28-15(30)9-26-17(31)13(21)7-12-8-24-10-27-12/h8,10-11,13-14,16H,3-7,9,21H2,1-2H3,(H,24,27)(H,26,31)(H,28,30)(H,29,32)(H,33,34)(H4,22,23,25). The minimum absolute atomic E-state index is 0.109. The van der Waals surface area contributed by atoms with Crippen molar-refractivity contribution in [3.8, 4) is 0 Å². The molecule has 0 radical (unpaired) electrons. The third-order valence-electron chi connectivity index (χ3n) is 5.13. The number of carbonyl (C=O) groups excluding carboxylic acids is 3. The van der Waals surface area contributed by atoms with Crippen molar-refractivity contribution in [3.05, 3.63) is 18.2 Å². The number of carboxylic acids is 1. The monoisotopic (exact) mass is 481 g/mol. The lowest BCUT2D eigenvalue weighted by Gasteiger charge is -2.24. The fourth-order valence-electron chi connectivity index (χ4n) is 2.98. The number of rotatable bonds is 15. The highest BCUT2D eigenvalue weighted by Gasteiger charge is 2.29. The highest BCUT2D eigenvalue weighted by Crippen LogP contribution is 2.09. The molecule has 0 aromatic carbocycles.